The maximum atomic E-state index is 12.8. The van der Waals surface area contributed by atoms with Gasteiger partial charge in [-0.05, 0) is 29.5 Å². The molecule has 2 aromatic rings. The summed E-state index contributed by atoms with van der Waals surface area (Å²) >= 11 is 0. The molecule has 0 bridgehead atoms. The lowest BCUT2D eigenvalue weighted by Crippen LogP contribution is -2.45. The minimum absolute atomic E-state index is 0.179. The smallest absolute Gasteiger partial charge is 0.410 e. The van der Waals surface area contributed by atoms with Crippen LogP contribution in [0.3, 0.4) is 0 Å². The fourth-order valence-corrected chi connectivity index (χ4v) is 3.23. The number of amides is 1. The van der Waals surface area contributed by atoms with Crippen molar-refractivity contribution < 1.29 is 19.4 Å². The highest BCUT2D eigenvalue weighted by molar-refractivity contribution is 5.67. The Kier molecular flexibility index (Phi) is 7.47. The third-order valence-electron chi connectivity index (χ3n) is 4.75. The Hall–Kier alpha value is -3.06. The lowest BCUT2D eigenvalue weighted by molar-refractivity contribution is -0.175. The molecule has 1 saturated heterocycles. The topological polar surface area (TPSA) is 108 Å². The van der Waals surface area contributed by atoms with Crippen LogP contribution >= 0.6 is 0 Å². The Bertz CT molecular complexity index is 827. The van der Waals surface area contributed by atoms with Crippen LogP contribution in [0.1, 0.15) is 24.0 Å². The van der Waals surface area contributed by atoms with Gasteiger partial charge in [0.05, 0.1) is 18.7 Å². The first-order valence-corrected chi connectivity index (χ1v) is 9.53. The number of rotatable bonds is 7. The van der Waals surface area contributed by atoms with Crippen LogP contribution in [0.4, 0.5) is 4.79 Å². The molecule has 1 aliphatic heterocycles. The van der Waals surface area contributed by atoms with E-state index in [2.05, 4.69) is 10.0 Å². The monoisotopic (exact) mass is 396 g/mol. The van der Waals surface area contributed by atoms with Gasteiger partial charge in [-0.25, -0.2) is 4.79 Å². The Morgan fingerprint density at radius 2 is 1.79 bits per heavy atom. The van der Waals surface area contributed by atoms with Gasteiger partial charge >= 0.3 is 6.09 Å². The first kappa shape index (κ1) is 20.7. The summed E-state index contributed by atoms with van der Waals surface area (Å²) in [6.45, 7) is 0.810. The molecule has 0 spiro atoms. The van der Waals surface area contributed by atoms with Gasteiger partial charge in [-0.2, -0.15) is 0 Å². The Balaban J connectivity index is 1.64. The van der Waals surface area contributed by atoms with Crippen LogP contribution in [0.2, 0.25) is 0 Å². The average molecular weight is 396 g/mol. The van der Waals surface area contributed by atoms with Gasteiger partial charge in [-0.1, -0.05) is 65.8 Å². The molecule has 0 aromatic heterocycles. The minimum Gasteiger partial charge on any atom is -0.445 e. The molecule has 0 aliphatic carbocycles. The summed E-state index contributed by atoms with van der Waals surface area (Å²) in [7, 11) is 0. The van der Waals surface area contributed by atoms with Gasteiger partial charge in [0, 0.05) is 11.5 Å². The SMILES string of the molecule is [N-]=[N+]=N[C@@H]1CC[C@@H](CN(Cc2ccccc2)C(=O)OCc2ccccc2)OC1O. The number of benzene rings is 2. The van der Waals surface area contributed by atoms with Crippen molar-refractivity contribution in [3.63, 3.8) is 0 Å². The summed E-state index contributed by atoms with van der Waals surface area (Å²) in [4.78, 5) is 17.1. The Labute approximate surface area is 169 Å². The molecule has 1 amide bonds. The molecular weight excluding hydrogens is 372 g/mol. The van der Waals surface area contributed by atoms with Gasteiger partial charge in [0.25, 0.3) is 0 Å². The Morgan fingerprint density at radius 3 is 2.41 bits per heavy atom. The van der Waals surface area contributed by atoms with E-state index in [0.717, 1.165) is 11.1 Å². The summed E-state index contributed by atoms with van der Waals surface area (Å²) in [6, 6.07) is 18.5. The highest BCUT2D eigenvalue weighted by Crippen LogP contribution is 2.22. The number of azide groups is 1. The van der Waals surface area contributed by atoms with Crippen LogP contribution in [-0.2, 0) is 22.6 Å². The van der Waals surface area contributed by atoms with E-state index in [1.165, 1.54) is 0 Å². The second-order valence-corrected chi connectivity index (χ2v) is 6.90. The van der Waals surface area contributed by atoms with E-state index in [1.807, 2.05) is 60.7 Å². The van der Waals surface area contributed by atoms with E-state index < -0.39 is 18.4 Å². The molecule has 3 atom stereocenters. The molecule has 1 unspecified atom stereocenters. The molecule has 152 valence electrons. The van der Waals surface area contributed by atoms with Gasteiger partial charge < -0.3 is 19.5 Å². The molecule has 1 aliphatic rings. The predicted molar refractivity (Wildman–Crippen MR) is 107 cm³/mol. The predicted octanol–water partition coefficient (Wildman–Crippen LogP) is 4.00. The standard InChI is InChI=1S/C21H24N4O4/c22-24-23-19-12-11-18(29-20(19)26)14-25(13-16-7-3-1-4-8-16)21(27)28-15-17-9-5-2-6-10-17/h1-10,18-20,26H,11-15H2/t18-,19+,20?/m0/s1. The number of hydrogen-bond donors (Lipinski definition) is 1. The summed E-state index contributed by atoms with van der Waals surface area (Å²) in [6.07, 6.45) is -0.939. The fourth-order valence-electron chi connectivity index (χ4n) is 3.23. The lowest BCUT2D eigenvalue weighted by atomic mass is 10.0. The maximum absolute atomic E-state index is 12.8. The van der Waals surface area contributed by atoms with E-state index >= 15 is 0 Å². The first-order valence-electron chi connectivity index (χ1n) is 9.53. The molecule has 1 N–H and O–H groups in total. The van der Waals surface area contributed by atoms with Crippen molar-refractivity contribution in [3.05, 3.63) is 82.2 Å². The van der Waals surface area contributed by atoms with Gasteiger partial charge in [0.1, 0.15) is 6.61 Å². The highest BCUT2D eigenvalue weighted by atomic mass is 16.6. The van der Waals surface area contributed by atoms with Gasteiger partial charge in [0.2, 0.25) is 0 Å². The van der Waals surface area contributed by atoms with Crippen molar-refractivity contribution >= 4 is 6.09 Å². The van der Waals surface area contributed by atoms with E-state index in [0.29, 0.717) is 19.4 Å². The average Bonchev–Trinajstić information content (AvgIpc) is 2.75. The molecule has 8 heteroatoms. The molecule has 8 nitrogen and oxygen atoms in total. The summed E-state index contributed by atoms with van der Waals surface area (Å²) < 4.78 is 11.1. The van der Waals surface area contributed by atoms with Crippen LogP contribution in [0.15, 0.2) is 65.8 Å². The second kappa shape index (κ2) is 10.5. The second-order valence-electron chi connectivity index (χ2n) is 6.90. The third-order valence-corrected chi connectivity index (χ3v) is 4.75. The first-order chi connectivity index (χ1) is 14.2. The number of carbonyl (C=O) groups excluding carboxylic acids is 1. The van der Waals surface area contributed by atoms with Gasteiger partial charge in [0.15, 0.2) is 6.29 Å². The molecule has 29 heavy (non-hydrogen) atoms. The quantitative estimate of drug-likeness (QED) is 0.433. The van der Waals surface area contributed by atoms with Crippen LogP contribution in [0, 0.1) is 0 Å². The van der Waals surface area contributed by atoms with Crippen LogP contribution in [0.5, 0.6) is 0 Å². The van der Waals surface area contributed by atoms with Crippen molar-refractivity contribution in [1.82, 2.24) is 4.90 Å². The highest BCUT2D eigenvalue weighted by Gasteiger charge is 2.31. The maximum Gasteiger partial charge on any atom is 0.410 e. The zero-order chi connectivity index (χ0) is 20.5. The summed E-state index contributed by atoms with van der Waals surface area (Å²) in [5.41, 5.74) is 10.4. The Morgan fingerprint density at radius 1 is 1.14 bits per heavy atom. The summed E-state index contributed by atoms with van der Waals surface area (Å²) in [5.74, 6) is 0. The number of ether oxygens (including phenoxy) is 2. The molecule has 1 fully saturated rings. The number of nitrogens with zero attached hydrogens (tertiary/aromatic N) is 4. The normalized spacial score (nSPS) is 21.1. The van der Waals surface area contributed by atoms with Gasteiger partial charge in [-0.15, -0.1) is 0 Å². The molecular formula is C21H24N4O4. The van der Waals surface area contributed by atoms with E-state index in [9.17, 15) is 9.90 Å². The van der Waals surface area contributed by atoms with Crippen molar-refractivity contribution in [2.75, 3.05) is 6.54 Å². The third kappa shape index (κ3) is 6.22. The lowest BCUT2D eigenvalue weighted by Gasteiger charge is -2.34. The molecule has 3 rings (SSSR count). The van der Waals surface area contributed by atoms with E-state index in [1.54, 1.807) is 4.90 Å². The number of hydrogen-bond acceptors (Lipinski definition) is 5. The van der Waals surface area contributed by atoms with E-state index in [-0.39, 0.29) is 19.3 Å². The molecule has 0 saturated carbocycles. The molecule has 1 heterocycles. The van der Waals surface area contributed by atoms with Crippen molar-refractivity contribution in [3.8, 4) is 0 Å². The number of aliphatic hydroxyl groups is 1. The largest absolute Gasteiger partial charge is 0.445 e. The van der Waals surface area contributed by atoms with Crippen molar-refractivity contribution in [2.45, 2.75) is 44.4 Å². The number of aliphatic hydroxyl groups excluding tert-OH is 1. The zero-order valence-electron chi connectivity index (χ0n) is 16.0. The van der Waals surface area contributed by atoms with Crippen LogP contribution < -0.4 is 0 Å². The van der Waals surface area contributed by atoms with Gasteiger partial charge in [-0.3, -0.25) is 0 Å². The van der Waals surface area contributed by atoms with Crippen molar-refractivity contribution in [2.24, 2.45) is 5.11 Å². The van der Waals surface area contributed by atoms with Crippen molar-refractivity contribution in [1.29, 1.82) is 0 Å². The number of carbonyl (C=O) groups is 1. The molecule has 2 aromatic carbocycles. The summed E-state index contributed by atoms with van der Waals surface area (Å²) in [5, 5.41) is 13.6. The zero-order valence-corrected chi connectivity index (χ0v) is 16.0. The van der Waals surface area contributed by atoms with E-state index in [4.69, 9.17) is 15.0 Å². The van der Waals surface area contributed by atoms with Crippen LogP contribution in [0.25, 0.3) is 10.4 Å². The van der Waals surface area contributed by atoms with Crippen LogP contribution in [-0.4, -0.2) is 41.1 Å². The fraction of sp³-hybridized carbons (Fsp3) is 0.381. The minimum atomic E-state index is -1.18. The molecule has 0 radical (unpaired) electrons.